The maximum Gasteiger partial charge on any atom is 0.239 e. The van der Waals surface area contributed by atoms with Crippen molar-refractivity contribution in [1.29, 1.82) is 0 Å². The highest BCUT2D eigenvalue weighted by Crippen LogP contribution is 2.66. The normalized spacial score (nSPS) is 27.7. The SMILES string of the molecule is O=C1[C@H]2C3c4ccccc4C(Br)(c4ccccc43)[C@H]2C(=O)N1c1ccccc1N([O-])O. The number of carbonyl (C=O) groups is 2. The van der Waals surface area contributed by atoms with Gasteiger partial charge in [0.05, 0.1) is 27.5 Å². The number of rotatable bonds is 2. The first-order chi connectivity index (χ1) is 15.0. The number of nitrogens with zero attached hydrogens (tertiary/aromatic N) is 2. The lowest BCUT2D eigenvalue weighted by molar-refractivity contribution is -0.122. The van der Waals surface area contributed by atoms with Crippen LogP contribution in [0, 0.1) is 17.0 Å². The van der Waals surface area contributed by atoms with E-state index >= 15 is 0 Å². The van der Waals surface area contributed by atoms with Crippen LogP contribution in [0.3, 0.4) is 0 Å². The van der Waals surface area contributed by atoms with Crippen molar-refractivity contribution in [3.8, 4) is 0 Å². The number of imide groups is 1. The summed E-state index contributed by atoms with van der Waals surface area (Å²) in [6.45, 7) is 0. The highest BCUT2D eigenvalue weighted by atomic mass is 79.9. The standard InChI is InChI=1S/C24H16BrN2O4/c25-24-15-9-3-1-7-13(15)19(14-8-2-4-10-16(14)24)20-21(24)23(29)26(22(20)28)17-11-5-6-12-18(17)27(30)31/h1-12,19-21,30H/q-1/t19?,20-,21+,24?/m0/s1. The summed E-state index contributed by atoms with van der Waals surface area (Å²) in [5, 5.41) is 21.0. The first-order valence-electron chi connectivity index (χ1n) is 9.97. The predicted octanol–water partition coefficient (Wildman–Crippen LogP) is 4.28. The van der Waals surface area contributed by atoms with Crippen LogP contribution in [0.5, 0.6) is 0 Å². The summed E-state index contributed by atoms with van der Waals surface area (Å²) in [6.07, 6.45) is 0. The molecule has 6 nitrogen and oxygen atoms in total. The van der Waals surface area contributed by atoms with Gasteiger partial charge >= 0.3 is 0 Å². The molecule has 1 N–H and O–H groups in total. The van der Waals surface area contributed by atoms with E-state index in [2.05, 4.69) is 15.9 Å². The minimum absolute atomic E-state index is 0.0908. The number of para-hydroxylation sites is 2. The van der Waals surface area contributed by atoms with Gasteiger partial charge in [0.25, 0.3) is 0 Å². The number of carbonyl (C=O) groups excluding carboxylic acids is 2. The molecule has 7 heteroatoms. The van der Waals surface area contributed by atoms with E-state index in [4.69, 9.17) is 0 Å². The Morgan fingerprint density at radius 3 is 2.03 bits per heavy atom. The molecule has 1 heterocycles. The lowest BCUT2D eigenvalue weighted by atomic mass is 9.55. The van der Waals surface area contributed by atoms with Crippen molar-refractivity contribution in [2.45, 2.75) is 10.2 Å². The van der Waals surface area contributed by atoms with Gasteiger partial charge in [-0.05, 0) is 34.4 Å². The second kappa shape index (κ2) is 6.26. The monoisotopic (exact) mass is 475 g/mol. The summed E-state index contributed by atoms with van der Waals surface area (Å²) < 4.78 is -0.855. The third-order valence-electron chi connectivity index (χ3n) is 6.84. The molecule has 3 aliphatic carbocycles. The van der Waals surface area contributed by atoms with E-state index in [-0.39, 0.29) is 34.3 Å². The van der Waals surface area contributed by atoms with Crippen LogP contribution in [0.2, 0.25) is 0 Å². The topological polar surface area (TPSA) is 83.9 Å². The quantitative estimate of drug-likeness (QED) is 0.339. The van der Waals surface area contributed by atoms with Crippen LogP contribution in [0.15, 0.2) is 72.8 Å². The molecule has 0 aromatic heterocycles. The van der Waals surface area contributed by atoms with Crippen LogP contribution in [0.4, 0.5) is 11.4 Å². The van der Waals surface area contributed by atoms with Crippen LogP contribution in [-0.4, -0.2) is 17.0 Å². The van der Waals surface area contributed by atoms with Crippen molar-refractivity contribution in [1.82, 2.24) is 0 Å². The maximum absolute atomic E-state index is 13.8. The van der Waals surface area contributed by atoms with Gasteiger partial charge in [0.1, 0.15) is 0 Å². The fourth-order valence-corrected chi connectivity index (χ4v) is 6.93. The Labute approximate surface area is 186 Å². The van der Waals surface area contributed by atoms with Crippen LogP contribution in [-0.2, 0) is 13.9 Å². The first kappa shape index (κ1) is 18.7. The number of anilines is 2. The Balaban J connectivity index is 1.61. The van der Waals surface area contributed by atoms with E-state index in [1.165, 1.54) is 12.1 Å². The van der Waals surface area contributed by atoms with Gasteiger partial charge in [-0.15, -0.1) is 0 Å². The molecule has 1 fully saturated rings. The molecule has 0 saturated carbocycles. The minimum Gasteiger partial charge on any atom is -0.733 e. The van der Waals surface area contributed by atoms with Crippen molar-refractivity contribution >= 4 is 39.1 Å². The molecular formula is C24H16BrN2O4-. The van der Waals surface area contributed by atoms with E-state index in [0.29, 0.717) is 0 Å². The van der Waals surface area contributed by atoms with Gasteiger partial charge < -0.3 is 10.4 Å². The molecule has 3 aromatic carbocycles. The van der Waals surface area contributed by atoms with Gasteiger partial charge in [0.15, 0.2) is 0 Å². The fourth-order valence-electron chi connectivity index (χ4n) is 5.73. The fraction of sp³-hybridized carbons (Fsp3) is 0.167. The average molecular weight is 476 g/mol. The molecule has 2 atom stereocenters. The van der Waals surface area contributed by atoms with Crippen LogP contribution < -0.4 is 10.1 Å². The third kappa shape index (κ3) is 2.18. The second-order valence-corrected chi connectivity index (χ2v) is 9.39. The molecule has 7 rings (SSSR count). The zero-order valence-electron chi connectivity index (χ0n) is 16.1. The van der Waals surface area contributed by atoms with Gasteiger partial charge in [-0.3, -0.25) is 14.8 Å². The summed E-state index contributed by atoms with van der Waals surface area (Å²) in [7, 11) is 0. The van der Waals surface area contributed by atoms with E-state index in [9.17, 15) is 20.0 Å². The van der Waals surface area contributed by atoms with Crippen LogP contribution >= 0.6 is 15.9 Å². The van der Waals surface area contributed by atoms with Crippen molar-refractivity contribution in [3.63, 3.8) is 0 Å². The van der Waals surface area contributed by atoms with Gasteiger partial charge in [-0.1, -0.05) is 76.6 Å². The Hall–Kier alpha value is -3.00. The molecule has 2 bridgehead atoms. The summed E-state index contributed by atoms with van der Waals surface area (Å²) >= 11 is 3.93. The largest absolute Gasteiger partial charge is 0.733 e. The van der Waals surface area contributed by atoms with Gasteiger partial charge in [-0.2, -0.15) is 0 Å². The van der Waals surface area contributed by atoms with Crippen molar-refractivity contribution in [3.05, 3.63) is 100 Å². The zero-order valence-corrected chi connectivity index (χ0v) is 17.7. The summed E-state index contributed by atoms with van der Waals surface area (Å²) in [5.74, 6) is -2.27. The minimum atomic E-state index is -0.855. The van der Waals surface area contributed by atoms with Gasteiger partial charge in [-0.25, -0.2) is 4.90 Å². The highest BCUT2D eigenvalue weighted by molar-refractivity contribution is 9.09. The van der Waals surface area contributed by atoms with E-state index < -0.39 is 16.2 Å². The number of hydrogen-bond acceptors (Lipinski definition) is 5. The van der Waals surface area contributed by atoms with Crippen LogP contribution in [0.25, 0.3) is 0 Å². The number of hydrogen-bond donors (Lipinski definition) is 1. The number of halogens is 1. The van der Waals surface area contributed by atoms with E-state index in [0.717, 1.165) is 27.2 Å². The molecule has 0 unspecified atom stereocenters. The molecule has 31 heavy (non-hydrogen) atoms. The van der Waals surface area contributed by atoms with Crippen LogP contribution in [0.1, 0.15) is 28.2 Å². The van der Waals surface area contributed by atoms with E-state index in [1.54, 1.807) is 12.1 Å². The van der Waals surface area contributed by atoms with Gasteiger partial charge in [0.2, 0.25) is 11.8 Å². The molecule has 0 radical (unpaired) electrons. The predicted molar refractivity (Wildman–Crippen MR) is 118 cm³/mol. The molecule has 1 aliphatic heterocycles. The highest BCUT2D eigenvalue weighted by Gasteiger charge is 2.67. The lowest BCUT2D eigenvalue weighted by Gasteiger charge is -2.51. The number of amides is 2. The Morgan fingerprint density at radius 2 is 1.42 bits per heavy atom. The number of alkyl halides is 1. The molecule has 4 aliphatic rings. The summed E-state index contributed by atoms with van der Waals surface area (Å²) in [4.78, 5) is 28.6. The summed E-state index contributed by atoms with van der Waals surface area (Å²) in [6, 6.07) is 21.9. The molecule has 0 spiro atoms. The number of benzene rings is 3. The smallest absolute Gasteiger partial charge is 0.239 e. The molecule has 1 saturated heterocycles. The summed E-state index contributed by atoms with van der Waals surface area (Å²) in [5.41, 5.74) is 3.99. The second-order valence-electron chi connectivity index (χ2n) is 8.14. The molecular weight excluding hydrogens is 460 g/mol. The molecule has 3 aromatic rings. The van der Waals surface area contributed by atoms with Crippen molar-refractivity contribution in [2.24, 2.45) is 11.8 Å². The Morgan fingerprint density at radius 1 is 0.871 bits per heavy atom. The molecule has 2 amide bonds. The van der Waals surface area contributed by atoms with Crippen molar-refractivity contribution in [2.75, 3.05) is 10.1 Å². The Bertz CT molecular complexity index is 1230. The molecule has 154 valence electrons. The van der Waals surface area contributed by atoms with E-state index in [1.807, 2.05) is 48.5 Å². The average Bonchev–Trinajstić information content (AvgIpc) is 3.05. The Kier molecular flexibility index (Phi) is 3.78. The maximum atomic E-state index is 13.8. The zero-order chi connectivity index (χ0) is 21.5. The van der Waals surface area contributed by atoms with Crippen molar-refractivity contribution < 1.29 is 14.8 Å². The third-order valence-corrected chi connectivity index (χ3v) is 8.19. The lowest BCUT2D eigenvalue weighted by Crippen LogP contribution is -2.50. The first-order valence-corrected chi connectivity index (χ1v) is 10.8. The van der Waals surface area contributed by atoms with Gasteiger partial charge in [0, 0.05) is 5.92 Å².